The highest BCUT2D eigenvalue weighted by Crippen LogP contribution is 2.53. The van der Waals surface area contributed by atoms with Gasteiger partial charge in [0.1, 0.15) is 22.8 Å². The molecule has 0 radical (unpaired) electrons. The van der Waals surface area contributed by atoms with E-state index in [9.17, 15) is 14.7 Å². The van der Waals surface area contributed by atoms with E-state index in [1.807, 2.05) is 49.4 Å². The maximum atomic E-state index is 13.5. The maximum Gasteiger partial charge on any atom is 0.336 e. The fourth-order valence-corrected chi connectivity index (χ4v) is 4.85. The van der Waals surface area contributed by atoms with Crippen LogP contribution in [0.4, 0.5) is 0 Å². The SMILES string of the molecule is Cc1ccc(C2C3=C(Oc4cc(O)c5c(C)cc(=O)oc5c42)c2ccccc2C3=O)cc1. The van der Waals surface area contributed by atoms with Gasteiger partial charge in [-0.2, -0.15) is 0 Å². The highest BCUT2D eigenvalue weighted by molar-refractivity contribution is 6.22. The molecule has 1 N–H and O–H groups in total. The van der Waals surface area contributed by atoms with Crippen LogP contribution in [-0.4, -0.2) is 10.9 Å². The summed E-state index contributed by atoms with van der Waals surface area (Å²) >= 11 is 0. The first-order valence-electron chi connectivity index (χ1n) is 10.4. The topological polar surface area (TPSA) is 76.7 Å². The predicted molar refractivity (Wildman–Crippen MR) is 120 cm³/mol. The van der Waals surface area contributed by atoms with Crippen LogP contribution in [0.3, 0.4) is 0 Å². The number of benzene rings is 3. The van der Waals surface area contributed by atoms with Crippen LogP contribution in [0.15, 0.2) is 75.4 Å². The number of hydrogen-bond acceptors (Lipinski definition) is 5. The van der Waals surface area contributed by atoms with Gasteiger partial charge in [0.05, 0.1) is 16.5 Å². The third-order valence-electron chi connectivity index (χ3n) is 6.30. The summed E-state index contributed by atoms with van der Waals surface area (Å²) in [4.78, 5) is 25.8. The van der Waals surface area contributed by atoms with Crippen LogP contribution < -0.4 is 10.4 Å². The van der Waals surface area contributed by atoms with Crippen molar-refractivity contribution in [1.29, 1.82) is 0 Å². The van der Waals surface area contributed by atoms with E-state index in [0.29, 0.717) is 39.2 Å². The van der Waals surface area contributed by atoms with Gasteiger partial charge in [-0.25, -0.2) is 4.79 Å². The van der Waals surface area contributed by atoms with E-state index in [-0.39, 0.29) is 17.1 Å². The summed E-state index contributed by atoms with van der Waals surface area (Å²) in [5.41, 5.74) is 4.67. The summed E-state index contributed by atoms with van der Waals surface area (Å²) in [6.45, 7) is 3.75. The van der Waals surface area contributed by atoms with E-state index in [2.05, 4.69) is 0 Å². The Morgan fingerprint density at radius 3 is 2.38 bits per heavy atom. The average molecular weight is 422 g/mol. The summed E-state index contributed by atoms with van der Waals surface area (Å²) in [7, 11) is 0. The van der Waals surface area contributed by atoms with Gasteiger partial charge in [-0.3, -0.25) is 4.79 Å². The molecule has 2 aliphatic rings. The van der Waals surface area contributed by atoms with Crippen LogP contribution in [0.25, 0.3) is 16.7 Å². The maximum absolute atomic E-state index is 13.5. The van der Waals surface area contributed by atoms with Crippen molar-refractivity contribution in [2.24, 2.45) is 0 Å². The van der Waals surface area contributed by atoms with Crippen molar-refractivity contribution in [3.8, 4) is 11.5 Å². The molecule has 32 heavy (non-hydrogen) atoms. The van der Waals surface area contributed by atoms with Gasteiger partial charge in [0.25, 0.3) is 0 Å². The number of fused-ring (bicyclic) bond motifs is 5. The summed E-state index contributed by atoms with van der Waals surface area (Å²) in [6.07, 6.45) is 0. The lowest BCUT2D eigenvalue weighted by molar-refractivity contribution is 0.103. The van der Waals surface area contributed by atoms with Crippen molar-refractivity contribution in [2.75, 3.05) is 0 Å². The molecular weight excluding hydrogens is 404 g/mol. The Bertz CT molecular complexity index is 1550. The summed E-state index contributed by atoms with van der Waals surface area (Å²) in [5, 5.41) is 11.2. The molecule has 6 rings (SSSR count). The van der Waals surface area contributed by atoms with Gasteiger partial charge in [0.2, 0.25) is 0 Å². The highest BCUT2D eigenvalue weighted by atomic mass is 16.5. The molecule has 3 aromatic carbocycles. The zero-order valence-electron chi connectivity index (χ0n) is 17.4. The fourth-order valence-electron chi connectivity index (χ4n) is 4.85. The molecule has 1 aliphatic carbocycles. The highest BCUT2D eigenvalue weighted by Gasteiger charge is 2.43. The number of phenols is 1. The number of hydrogen-bond donors (Lipinski definition) is 1. The number of carbonyl (C=O) groups excluding carboxylic acids is 1. The Labute approximate surface area is 183 Å². The molecule has 0 saturated carbocycles. The second kappa shape index (κ2) is 6.44. The average Bonchev–Trinajstić information content (AvgIpc) is 3.04. The lowest BCUT2D eigenvalue weighted by atomic mass is 9.80. The minimum atomic E-state index is -0.522. The first-order valence-corrected chi connectivity index (χ1v) is 10.4. The Kier molecular flexibility index (Phi) is 3.75. The molecule has 5 heteroatoms. The largest absolute Gasteiger partial charge is 0.507 e. The fraction of sp³-hybridized carbons (Fsp3) is 0.111. The first kappa shape index (κ1) is 18.6. The zero-order valence-corrected chi connectivity index (χ0v) is 17.4. The normalized spacial score (nSPS) is 16.6. The van der Waals surface area contributed by atoms with Crippen molar-refractivity contribution >= 4 is 22.5 Å². The Balaban J connectivity index is 1.74. The van der Waals surface area contributed by atoms with Crippen LogP contribution in [0.2, 0.25) is 0 Å². The summed E-state index contributed by atoms with van der Waals surface area (Å²) < 4.78 is 11.9. The first-order chi connectivity index (χ1) is 15.4. The zero-order chi connectivity index (χ0) is 22.1. The number of Topliss-reactive ketones (excluding diaryl/α,β-unsaturated/α-hetero) is 1. The van der Waals surface area contributed by atoms with Crippen molar-refractivity contribution in [3.05, 3.63) is 110 Å². The number of aromatic hydroxyl groups is 1. The van der Waals surface area contributed by atoms with Gasteiger partial charge < -0.3 is 14.3 Å². The molecule has 1 atom stereocenters. The van der Waals surface area contributed by atoms with Crippen LogP contribution in [0.5, 0.6) is 11.5 Å². The van der Waals surface area contributed by atoms with E-state index in [1.165, 1.54) is 6.07 Å². The lowest BCUT2D eigenvalue weighted by Gasteiger charge is -2.28. The minimum Gasteiger partial charge on any atom is -0.507 e. The number of aryl methyl sites for hydroxylation is 2. The smallest absolute Gasteiger partial charge is 0.336 e. The molecule has 5 nitrogen and oxygen atoms in total. The number of carbonyl (C=O) groups is 1. The Morgan fingerprint density at radius 2 is 1.62 bits per heavy atom. The van der Waals surface area contributed by atoms with Crippen molar-refractivity contribution in [2.45, 2.75) is 19.8 Å². The molecule has 0 fully saturated rings. The quantitative estimate of drug-likeness (QED) is 0.424. The van der Waals surface area contributed by atoms with Gasteiger partial charge in [-0.1, -0.05) is 54.1 Å². The van der Waals surface area contributed by atoms with Crippen LogP contribution in [0, 0.1) is 13.8 Å². The number of ketones is 1. The number of ether oxygens (including phenoxy) is 1. The molecule has 0 amide bonds. The molecule has 0 bridgehead atoms. The van der Waals surface area contributed by atoms with Gasteiger partial charge in [0, 0.05) is 29.2 Å². The van der Waals surface area contributed by atoms with Gasteiger partial charge in [-0.05, 0) is 25.0 Å². The van der Waals surface area contributed by atoms with E-state index in [1.54, 1.807) is 19.1 Å². The lowest BCUT2D eigenvalue weighted by Crippen LogP contribution is -2.18. The van der Waals surface area contributed by atoms with Crippen LogP contribution in [0.1, 0.15) is 44.1 Å². The molecular formula is C27H18O5. The molecule has 0 spiro atoms. The third kappa shape index (κ3) is 2.45. The second-order valence-corrected chi connectivity index (χ2v) is 8.32. The standard InChI is InChI=1S/C27H18O5/c1-13-7-9-15(10-8-13)22-23-19(12-18(28)21-14(2)11-20(29)32-27(21)23)31-26-17-6-4-3-5-16(17)25(30)24(22)26/h3-12,22,28H,1-2H3. The van der Waals surface area contributed by atoms with E-state index in [0.717, 1.165) is 16.7 Å². The number of allylic oxidation sites excluding steroid dienone is 1. The predicted octanol–water partition coefficient (Wildman–Crippen LogP) is 5.25. The number of phenolic OH excluding ortho intramolecular Hbond substituents is 1. The molecule has 1 unspecified atom stereocenters. The minimum absolute atomic E-state index is 0.0377. The summed E-state index contributed by atoms with van der Waals surface area (Å²) in [5.74, 6) is 0.199. The molecule has 156 valence electrons. The van der Waals surface area contributed by atoms with Crippen molar-refractivity contribution < 1.29 is 19.1 Å². The van der Waals surface area contributed by atoms with Gasteiger partial charge >= 0.3 is 5.63 Å². The van der Waals surface area contributed by atoms with Gasteiger partial charge in [0.15, 0.2) is 5.78 Å². The summed E-state index contributed by atoms with van der Waals surface area (Å²) in [6, 6.07) is 18.2. The van der Waals surface area contributed by atoms with Crippen LogP contribution >= 0.6 is 0 Å². The van der Waals surface area contributed by atoms with Crippen LogP contribution in [-0.2, 0) is 0 Å². The second-order valence-electron chi connectivity index (χ2n) is 8.32. The molecule has 4 aromatic rings. The monoisotopic (exact) mass is 422 g/mol. The number of rotatable bonds is 1. The molecule has 1 aliphatic heterocycles. The molecule has 0 saturated heterocycles. The Hall–Kier alpha value is -4.12. The van der Waals surface area contributed by atoms with Crippen molar-refractivity contribution in [3.63, 3.8) is 0 Å². The van der Waals surface area contributed by atoms with E-state index < -0.39 is 11.5 Å². The van der Waals surface area contributed by atoms with Crippen molar-refractivity contribution in [1.82, 2.24) is 0 Å². The molecule has 2 heterocycles. The van der Waals surface area contributed by atoms with E-state index in [4.69, 9.17) is 9.15 Å². The molecule has 1 aromatic heterocycles. The van der Waals surface area contributed by atoms with Gasteiger partial charge in [-0.15, -0.1) is 0 Å². The third-order valence-corrected chi connectivity index (χ3v) is 6.30. The van der Waals surface area contributed by atoms with E-state index >= 15 is 0 Å². The Morgan fingerprint density at radius 1 is 0.906 bits per heavy atom.